The monoisotopic (exact) mass is 343 g/mol. The summed E-state index contributed by atoms with van der Waals surface area (Å²) in [7, 11) is 0. The van der Waals surface area contributed by atoms with Crippen LogP contribution in [-0.4, -0.2) is 35.7 Å². The molecule has 0 amide bonds. The van der Waals surface area contributed by atoms with Crippen molar-refractivity contribution in [2.75, 3.05) is 19.6 Å². The first-order valence-corrected chi connectivity index (χ1v) is 9.46. The lowest BCUT2D eigenvalue weighted by Gasteiger charge is -2.39. The maximum Gasteiger partial charge on any atom is 0.124 e. The average Bonchev–Trinajstić information content (AvgIpc) is 2.53. The fraction of sp³-hybridized carbons (Fsp3) is 0.400. The van der Waals surface area contributed by atoms with Crippen molar-refractivity contribution >= 4 is 11.8 Å². The van der Waals surface area contributed by atoms with Crippen LogP contribution in [0.2, 0.25) is 0 Å². The highest BCUT2D eigenvalue weighted by Gasteiger charge is 2.29. The summed E-state index contributed by atoms with van der Waals surface area (Å²) >= 11 is 1.62. The zero-order chi connectivity index (χ0) is 16.5. The number of rotatable bonds is 4. The summed E-state index contributed by atoms with van der Waals surface area (Å²) in [6.45, 7) is 2.69. The van der Waals surface area contributed by atoms with Gasteiger partial charge in [0.2, 0.25) is 0 Å². The Hall–Kier alpha value is -1.36. The highest BCUT2D eigenvalue weighted by Crippen LogP contribution is 2.37. The minimum absolute atomic E-state index is 0.127. The molecule has 0 radical (unpaired) electrons. The molecule has 0 spiro atoms. The van der Waals surface area contributed by atoms with E-state index >= 15 is 0 Å². The minimum Gasteiger partial charge on any atom is -0.390 e. The lowest BCUT2D eigenvalue weighted by atomic mass is 9.82. The molecule has 1 aliphatic heterocycles. The van der Waals surface area contributed by atoms with Crippen LogP contribution in [0, 0.1) is 5.82 Å². The summed E-state index contributed by atoms with van der Waals surface area (Å²) in [4.78, 5) is 4.47. The van der Waals surface area contributed by atoms with Gasteiger partial charge < -0.3 is 5.11 Å². The van der Waals surface area contributed by atoms with E-state index in [1.54, 1.807) is 23.9 Å². The van der Waals surface area contributed by atoms with Crippen LogP contribution in [0.3, 0.4) is 0 Å². The Bertz CT molecular complexity index is 729. The van der Waals surface area contributed by atoms with Crippen LogP contribution in [0.4, 0.5) is 4.39 Å². The second-order valence-corrected chi connectivity index (χ2v) is 8.03. The molecule has 1 saturated heterocycles. The van der Waals surface area contributed by atoms with E-state index in [0.717, 1.165) is 31.0 Å². The first kappa shape index (κ1) is 16.1. The van der Waals surface area contributed by atoms with Gasteiger partial charge in [-0.3, -0.25) is 4.90 Å². The van der Waals surface area contributed by atoms with Crippen LogP contribution in [0.1, 0.15) is 29.9 Å². The van der Waals surface area contributed by atoms with Gasteiger partial charge in [-0.05, 0) is 66.6 Å². The van der Waals surface area contributed by atoms with Crippen LogP contribution < -0.4 is 0 Å². The summed E-state index contributed by atoms with van der Waals surface area (Å²) in [5.74, 6) is 0.393. The molecule has 0 saturated carbocycles. The molecule has 0 unspecified atom stereocenters. The highest BCUT2D eigenvalue weighted by molar-refractivity contribution is 7.99. The maximum absolute atomic E-state index is 13.3. The second kappa shape index (κ2) is 6.87. The first-order chi connectivity index (χ1) is 11.7. The predicted molar refractivity (Wildman–Crippen MR) is 95.1 cm³/mol. The second-order valence-electron chi connectivity index (χ2n) is 6.88. The molecule has 1 heterocycles. The van der Waals surface area contributed by atoms with Gasteiger partial charge in [0.25, 0.3) is 0 Å². The van der Waals surface area contributed by atoms with Gasteiger partial charge in [0, 0.05) is 29.4 Å². The summed E-state index contributed by atoms with van der Waals surface area (Å²) < 4.78 is 13.3. The molecule has 0 bridgehead atoms. The molecule has 1 N–H and O–H groups in total. The largest absolute Gasteiger partial charge is 0.390 e. The van der Waals surface area contributed by atoms with Gasteiger partial charge in [-0.25, -0.2) is 4.39 Å². The molecule has 4 heteroatoms. The fourth-order valence-electron chi connectivity index (χ4n) is 3.81. The smallest absolute Gasteiger partial charge is 0.124 e. The SMILES string of the molecule is OC1CN(C[C@@H]2CCCc3cc(Sc4cccc(F)c4)ccc32)C1. The van der Waals surface area contributed by atoms with E-state index in [0.29, 0.717) is 5.92 Å². The van der Waals surface area contributed by atoms with E-state index in [1.807, 2.05) is 6.07 Å². The topological polar surface area (TPSA) is 23.5 Å². The number of fused-ring (bicyclic) bond motifs is 1. The van der Waals surface area contributed by atoms with Gasteiger partial charge in [-0.1, -0.05) is 23.9 Å². The number of hydrogen-bond acceptors (Lipinski definition) is 3. The van der Waals surface area contributed by atoms with Crippen molar-refractivity contribution in [1.82, 2.24) is 4.90 Å². The quantitative estimate of drug-likeness (QED) is 0.905. The Labute approximate surface area is 146 Å². The fourth-order valence-corrected chi connectivity index (χ4v) is 4.74. The molecular formula is C20H22FNOS. The van der Waals surface area contributed by atoms with Crippen LogP contribution in [0.15, 0.2) is 52.3 Å². The first-order valence-electron chi connectivity index (χ1n) is 8.64. The molecule has 2 nitrogen and oxygen atoms in total. The molecule has 1 aliphatic carbocycles. The van der Waals surface area contributed by atoms with E-state index in [1.165, 1.54) is 34.9 Å². The number of benzene rings is 2. The van der Waals surface area contributed by atoms with Gasteiger partial charge in [-0.15, -0.1) is 0 Å². The lowest BCUT2D eigenvalue weighted by Crippen LogP contribution is -2.52. The summed E-state index contributed by atoms with van der Waals surface area (Å²) in [5, 5.41) is 9.47. The van der Waals surface area contributed by atoms with E-state index in [-0.39, 0.29) is 11.9 Å². The lowest BCUT2D eigenvalue weighted by molar-refractivity contribution is -0.00206. The third-order valence-electron chi connectivity index (χ3n) is 5.00. The molecule has 2 aromatic carbocycles. The van der Waals surface area contributed by atoms with Gasteiger partial charge in [-0.2, -0.15) is 0 Å². The normalized spacial score (nSPS) is 21.3. The van der Waals surface area contributed by atoms with Gasteiger partial charge in [0.1, 0.15) is 5.82 Å². The molecule has 4 rings (SSSR count). The number of halogens is 1. The highest BCUT2D eigenvalue weighted by atomic mass is 32.2. The molecule has 2 aliphatic rings. The van der Waals surface area contributed by atoms with Crippen molar-refractivity contribution in [3.05, 3.63) is 59.4 Å². The van der Waals surface area contributed by atoms with Crippen LogP contribution in [0.5, 0.6) is 0 Å². The Kier molecular flexibility index (Phi) is 4.61. The molecule has 1 fully saturated rings. The number of aryl methyl sites for hydroxylation is 1. The molecule has 0 aromatic heterocycles. The summed E-state index contributed by atoms with van der Waals surface area (Å²) in [6, 6.07) is 13.5. The van der Waals surface area contributed by atoms with Crippen LogP contribution >= 0.6 is 11.8 Å². The van der Waals surface area contributed by atoms with E-state index < -0.39 is 0 Å². The van der Waals surface area contributed by atoms with E-state index in [4.69, 9.17) is 0 Å². The van der Waals surface area contributed by atoms with Gasteiger partial charge >= 0.3 is 0 Å². The van der Waals surface area contributed by atoms with Gasteiger partial charge in [0.15, 0.2) is 0 Å². The molecule has 24 heavy (non-hydrogen) atoms. The number of aliphatic hydroxyl groups is 1. The zero-order valence-corrected chi connectivity index (χ0v) is 14.4. The third-order valence-corrected chi connectivity index (χ3v) is 5.98. The van der Waals surface area contributed by atoms with Crippen LogP contribution in [-0.2, 0) is 6.42 Å². The Morgan fingerprint density at radius 3 is 2.75 bits per heavy atom. The number of nitrogens with zero attached hydrogens (tertiary/aromatic N) is 1. The number of aliphatic hydroxyl groups excluding tert-OH is 1. The van der Waals surface area contributed by atoms with Crippen molar-refractivity contribution in [2.24, 2.45) is 0 Å². The van der Waals surface area contributed by atoms with Crippen molar-refractivity contribution in [2.45, 2.75) is 41.1 Å². The molecule has 126 valence electrons. The predicted octanol–water partition coefficient (Wildman–Crippen LogP) is 4.07. The van der Waals surface area contributed by atoms with Crippen molar-refractivity contribution < 1.29 is 9.50 Å². The van der Waals surface area contributed by atoms with Gasteiger partial charge in [0.05, 0.1) is 6.10 Å². The van der Waals surface area contributed by atoms with Crippen molar-refractivity contribution in [3.63, 3.8) is 0 Å². The van der Waals surface area contributed by atoms with E-state index in [2.05, 4.69) is 23.1 Å². The zero-order valence-electron chi connectivity index (χ0n) is 13.6. The Balaban J connectivity index is 1.50. The average molecular weight is 343 g/mol. The van der Waals surface area contributed by atoms with E-state index in [9.17, 15) is 9.50 Å². The summed E-state index contributed by atoms with van der Waals surface area (Å²) in [5.41, 5.74) is 2.90. The summed E-state index contributed by atoms with van der Waals surface area (Å²) in [6.07, 6.45) is 3.46. The van der Waals surface area contributed by atoms with Crippen molar-refractivity contribution in [3.8, 4) is 0 Å². The number of hydrogen-bond donors (Lipinski definition) is 1. The maximum atomic E-state index is 13.3. The molecule has 1 atom stereocenters. The number of likely N-dealkylation sites (tertiary alicyclic amines) is 1. The molecule has 2 aromatic rings. The minimum atomic E-state index is -0.185. The Morgan fingerprint density at radius 1 is 1.12 bits per heavy atom. The third kappa shape index (κ3) is 3.51. The van der Waals surface area contributed by atoms with Crippen molar-refractivity contribution in [1.29, 1.82) is 0 Å². The Morgan fingerprint density at radius 2 is 1.96 bits per heavy atom. The van der Waals surface area contributed by atoms with Crippen LogP contribution in [0.25, 0.3) is 0 Å². The molecular weight excluding hydrogens is 321 g/mol. The number of β-amino-alcohol motifs (C(OH)–C–C–N with tert-alkyl or cyclic N) is 1. The standard InChI is InChI=1S/C20H22FNOS/c21-16-5-2-6-18(10-16)24-19-7-8-20-14(9-19)3-1-4-15(20)11-22-12-17(23)13-22/h2,5-10,15,17,23H,1,3-4,11-13H2/t15-/m0/s1.